The second-order valence-corrected chi connectivity index (χ2v) is 7.42. The molecule has 0 aromatic heterocycles. The monoisotopic (exact) mass is 330 g/mol. The third kappa shape index (κ3) is 1.74. The van der Waals surface area contributed by atoms with Crippen molar-refractivity contribution in [2.75, 3.05) is 0 Å². The van der Waals surface area contributed by atoms with Crippen LogP contribution in [0.1, 0.15) is 16.7 Å². The van der Waals surface area contributed by atoms with E-state index in [1.807, 2.05) is 0 Å². The van der Waals surface area contributed by atoms with Gasteiger partial charge in [-0.25, -0.2) is 0 Å². The number of hydrogen-bond acceptors (Lipinski definition) is 0. The summed E-state index contributed by atoms with van der Waals surface area (Å²) < 4.78 is 0. The fourth-order valence-corrected chi connectivity index (χ4v) is 4.77. The van der Waals surface area contributed by atoms with Crippen LogP contribution in [-0.2, 0) is 6.42 Å². The first-order chi connectivity index (χ1) is 12.8. The molecule has 0 atom stereocenters. The van der Waals surface area contributed by atoms with Crippen molar-refractivity contribution >= 4 is 32.3 Å². The Labute approximate surface area is 152 Å². The molecule has 0 heteroatoms. The first-order valence-electron chi connectivity index (χ1n) is 9.26. The lowest BCUT2D eigenvalue weighted by Crippen LogP contribution is -1.87. The average Bonchev–Trinajstić information content (AvgIpc) is 3.06. The Morgan fingerprint density at radius 2 is 1.12 bits per heavy atom. The van der Waals surface area contributed by atoms with E-state index in [0.29, 0.717) is 0 Å². The summed E-state index contributed by atoms with van der Waals surface area (Å²) in [6, 6.07) is 29.2. The zero-order valence-corrected chi connectivity index (χ0v) is 14.7. The molecule has 1 aliphatic rings. The molecule has 26 heavy (non-hydrogen) atoms. The second kappa shape index (κ2) is 4.95. The van der Waals surface area contributed by atoms with Crippen LogP contribution in [0.2, 0.25) is 0 Å². The smallest absolute Gasteiger partial charge is 0.00106 e. The number of benzene rings is 5. The highest BCUT2D eigenvalue weighted by Gasteiger charge is 2.21. The minimum absolute atomic E-state index is 1.05. The molecule has 0 radical (unpaired) electrons. The zero-order valence-electron chi connectivity index (χ0n) is 14.7. The molecule has 122 valence electrons. The lowest BCUT2D eigenvalue weighted by Gasteiger charge is -2.12. The molecular weight excluding hydrogens is 312 g/mol. The standard InChI is InChI=1S/C26H18/c1-16-7-6-12-22-23(16)13-17-14-25-20-10-4-2-8-18(20)19-9-3-5-11-21(19)26(25)15-24(17)22/h2-12,14-15H,13H2,1H3. The predicted octanol–water partition coefficient (Wildman–Crippen LogP) is 7.03. The average molecular weight is 330 g/mol. The molecule has 0 nitrogen and oxygen atoms in total. The molecule has 5 aromatic carbocycles. The molecule has 0 spiro atoms. The Morgan fingerprint density at radius 3 is 1.77 bits per heavy atom. The van der Waals surface area contributed by atoms with Crippen molar-refractivity contribution in [3.63, 3.8) is 0 Å². The summed E-state index contributed by atoms with van der Waals surface area (Å²) in [4.78, 5) is 0. The first-order valence-corrected chi connectivity index (χ1v) is 9.26. The molecule has 6 rings (SSSR count). The summed E-state index contributed by atoms with van der Waals surface area (Å²) in [7, 11) is 0. The van der Waals surface area contributed by atoms with Crippen LogP contribution in [0.15, 0.2) is 78.9 Å². The Bertz CT molecular complexity index is 1360. The highest BCUT2D eigenvalue weighted by atomic mass is 14.2. The lowest BCUT2D eigenvalue weighted by atomic mass is 9.91. The van der Waals surface area contributed by atoms with Crippen molar-refractivity contribution in [2.45, 2.75) is 13.3 Å². The Balaban J connectivity index is 1.83. The van der Waals surface area contributed by atoms with Crippen LogP contribution >= 0.6 is 0 Å². The molecule has 0 fully saturated rings. The Morgan fingerprint density at radius 1 is 0.538 bits per heavy atom. The molecule has 5 aromatic rings. The van der Waals surface area contributed by atoms with Gasteiger partial charge in [-0.15, -0.1) is 0 Å². The molecule has 1 aliphatic carbocycles. The van der Waals surface area contributed by atoms with Crippen molar-refractivity contribution in [1.29, 1.82) is 0 Å². The molecular formula is C26H18. The van der Waals surface area contributed by atoms with E-state index in [4.69, 9.17) is 0 Å². The van der Waals surface area contributed by atoms with Gasteiger partial charge in [0.2, 0.25) is 0 Å². The second-order valence-electron chi connectivity index (χ2n) is 7.42. The van der Waals surface area contributed by atoms with E-state index in [0.717, 1.165) is 6.42 Å². The van der Waals surface area contributed by atoms with Gasteiger partial charge in [-0.2, -0.15) is 0 Å². The zero-order chi connectivity index (χ0) is 17.3. The Kier molecular flexibility index (Phi) is 2.69. The molecule has 0 N–H and O–H groups in total. The molecule has 0 heterocycles. The minimum atomic E-state index is 1.05. The van der Waals surface area contributed by atoms with E-state index in [2.05, 4.69) is 85.8 Å². The van der Waals surface area contributed by atoms with Gasteiger partial charge in [-0.3, -0.25) is 0 Å². The van der Waals surface area contributed by atoms with Crippen LogP contribution in [0.25, 0.3) is 43.4 Å². The molecule has 0 aliphatic heterocycles. The van der Waals surface area contributed by atoms with Gasteiger partial charge >= 0.3 is 0 Å². The fraction of sp³-hybridized carbons (Fsp3) is 0.0769. The highest BCUT2D eigenvalue weighted by molar-refractivity contribution is 6.26. The van der Waals surface area contributed by atoms with Crippen molar-refractivity contribution < 1.29 is 0 Å². The van der Waals surface area contributed by atoms with Crippen LogP contribution in [0.5, 0.6) is 0 Å². The molecule has 0 bridgehead atoms. The third-order valence-corrected chi connectivity index (χ3v) is 6.04. The summed E-state index contributed by atoms with van der Waals surface area (Å²) in [5.41, 5.74) is 7.18. The maximum Gasteiger partial charge on any atom is -0.00106 e. The molecule has 0 saturated carbocycles. The van der Waals surface area contributed by atoms with Crippen molar-refractivity contribution in [1.82, 2.24) is 0 Å². The summed E-state index contributed by atoms with van der Waals surface area (Å²) in [5, 5.41) is 8.15. The van der Waals surface area contributed by atoms with E-state index >= 15 is 0 Å². The van der Waals surface area contributed by atoms with Gasteiger partial charge in [0.15, 0.2) is 0 Å². The van der Waals surface area contributed by atoms with Crippen LogP contribution in [-0.4, -0.2) is 0 Å². The maximum absolute atomic E-state index is 2.44. The largest absolute Gasteiger partial charge is 0.0616 e. The van der Waals surface area contributed by atoms with Crippen LogP contribution < -0.4 is 0 Å². The van der Waals surface area contributed by atoms with E-state index in [1.54, 1.807) is 0 Å². The molecule has 0 unspecified atom stereocenters. The highest BCUT2D eigenvalue weighted by Crippen LogP contribution is 2.43. The number of hydrogen-bond donors (Lipinski definition) is 0. The fourth-order valence-electron chi connectivity index (χ4n) is 4.77. The number of aryl methyl sites for hydroxylation is 1. The molecule has 0 saturated heterocycles. The number of rotatable bonds is 0. The Hall–Kier alpha value is -3.12. The van der Waals surface area contributed by atoms with E-state index in [1.165, 1.54) is 60.1 Å². The van der Waals surface area contributed by atoms with Gasteiger partial charge in [0.25, 0.3) is 0 Å². The maximum atomic E-state index is 2.44. The SMILES string of the molecule is Cc1cccc2c1Cc1cc3c4ccccc4c4ccccc4c3cc1-2. The topological polar surface area (TPSA) is 0 Å². The normalized spacial score (nSPS) is 12.7. The van der Waals surface area contributed by atoms with Crippen LogP contribution in [0.3, 0.4) is 0 Å². The quantitative estimate of drug-likeness (QED) is 0.262. The van der Waals surface area contributed by atoms with Gasteiger partial charge in [0, 0.05) is 0 Å². The summed E-state index contributed by atoms with van der Waals surface area (Å²) >= 11 is 0. The van der Waals surface area contributed by atoms with E-state index in [-0.39, 0.29) is 0 Å². The summed E-state index contributed by atoms with van der Waals surface area (Å²) in [6.45, 7) is 2.23. The van der Waals surface area contributed by atoms with Gasteiger partial charge in [0.05, 0.1) is 0 Å². The van der Waals surface area contributed by atoms with Crippen LogP contribution in [0.4, 0.5) is 0 Å². The van der Waals surface area contributed by atoms with E-state index in [9.17, 15) is 0 Å². The summed E-state index contributed by atoms with van der Waals surface area (Å²) in [5.74, 6) is 0. The van der Waals surface area contributed by atoms with Gasteiger partial charge < -0.3 is 0 Å². The van der Waals surface area contributed by atoms with Gasteiger partial charge in [0.1, 0.15) is 0 Å². The van der Waals surface area contributed by atoms with Crippen molar-refractivity contribution in [3.8, 4) is 11.1 Å². The van der Waals surface area contributed by atoms with Gasteiger partial charge in [-0.05, 0) is 85.6 Å². The van der Waals surface area contributed by atoms with E-state index < -0.39 is 0 Å². The first kappa shape index (κ1) is 14.1. The number of fused-ring (bicyclic) bond motifs is 9. The van der Waals surface area contributed by atoms with Crippen LogP contribution in [0, 0.1) is 6.92 Å². The predicted molar refractivity (Wildman–Crippen MR) is 112 cm³/mol. The lowest BCUT2D eigenvalue weighted by molar-refractivity contribution is 1.22. The summed E-state index contributed by atoms with van der Waals surface area (Å²) in [6.07, 6.45) is 1.05. The molecule has 0 amide bonds. The van der Waals surface area contributed by atoms with Crippen molar-refractivity contribution in [2.24, 2.45) is 0 Å². The van der Waals surface area contributed by atoms with Crippen molar-refractivity contribution in [3.05, 3.63) is 95.6 Å². The van der Waals surface area contributed by atoms with Gasteiger partial charge in [-0.1, -0.05) is 66.7 Å². The third-order valence-electron chi connectivity index (χ3n) is 6.04. The minimum Gasteiger partial charge on any atom is -0.0616 e.